The van der Waals surface area contributed by atoms with Gasteiger partial charge >= 0.3 is 5.97 Å². The summed E-state index contributed by atoms with van der Waals surface area (Å²) >= 11 is 0. The monoisotopic (exact) mass is 283 g/mol. The lowest BCUT2D eigenvalue weighted by Gasteiger charge is -2.13. The summed E-state index contributed by atoms with van der Waals surface area (Å²) in [7, 11) is 2.98. The second-order valence-corrected chi connectivity index (χ2v) is 4.38. The molecule has 0 spiro atoms. The van der Waals surface area contributed by atoms with Crippen LogP contribution in [0.25, 0.3) is 0 Å². The number of carbonyl (C=O) groups excluding carboxylic acids is 2. The highest BCUT2D eigenvalue weighted by Gasteiger charge is 2.28. The van der Waals surface area contributed by atoms with Crippen LogP contribution in [0.3, 0.4) is 0 Å². The number of carboxylic acid groups (broad SMARTS) is 1. The highest BCUT2D eigenvalue weighted by Crippen LogP contribution is 2.20. The zero-order valence-corrected chi connectivity index (χ0v) is 11.4. The molecule has 110 valence electrons. The van der Waals surface area contributed by atoms with Gasteiger partial charge in [0.2, 0.25) is 0 Å². The summed E-state index contributed by atoms with van der Waals surface area (Å²) in [5, 5.41) is 11.2. The molecule has 0 unspecified atom stereocenters. The molecular weight excluding hydrogens is 266 g/mol. The third kappa shape index (κ3) is 2.95. The zero-order chi connectivity index (χ0) is 15.6. The van der Waals surface area contributed by atoms with Gasteiger partial charge in [0, 0.05) is 14.1 Å². The van der Waals surface area contributed by atoms with Crippen LogP contribution in [-0.2, 0) is 0 Å². The van der Waals surface area contributed by atoms with Crippen LogP contribution in [0.4, 0.5) is 0 Å². The van der Waals surface area contributed by atoms with Crippen LogP contribution in [0.2, 0.25) is 0 Å². The third-order valence-corrected chi connectivity index (χ3v) is 2.61. The van der Waals surface area contributed by atoms with Crippen molar-refractivity contribution in [2.75, 3.05) is 14.1 Å². The molecule has 20 heavy (non-hydrogen) atoms. The summed E-state index contributed by atoms with van der Waals surface area (Å²) in [4.78, 5) is 38.8. The average molecular weight is 283 g/mol. The summed E-state index contributed by atoms with van der Waals surface area (Å²) in [6, 6.07) is 0. The number of nitrogens with two attached hydrogens (primary N) is 2. The van der Waals surface area contributed by atoms with E-state index >= 15 is 0 Å². The summed E-state index contributed by atoms with van der Waals surface area (Å²) in [6.45, 7) is 1.44. The molecule has 0 bridgehead atoms. The van der Waals surface area contributed by atoms with Crippen LogP contribution >= 0.6 is 0 Å². The minimum absolute atomic E-state index is 0.0226. The van der Waals surface area contributed by atoms with Crippen LogP contribution in [0.1, 0.15) is 36.9 Å². The molecule has 0 atom stereocenters. The van der Waals surface area contributed by atoms with Crippen molar-refractivity contribution in [3.05, 3.63) is 22.5 Å². The van der Waals surface area contributed by atoms with Gasteiger partial charge in [-0.05, 0) is 12.5 Å². The van der Waals surface area contributed by atoms with E-state index in [0.717, 1.165) is 0 Å². The third-order valence-electron chi connectivity index (χ3n) is 2.61. The van der Waals surface area contributed by atoms with Gasteiger partial charge in [-0.25, -0.2) is 4.79 Å². The van der Waals surface area contributed by atoms with E-state index in [1.165, 1.54) is 25.9 Å². The normalized spacial score (nSPS) is 10.5. The Bertz CT molecular complexity index is 561. The van der Waals surface area contributed by atoms with Gasteiger partial charge in [-0.3, -0.25) is 21.1 Å². The lowest BCUT2D eigenvalue weighted by molar-refractivity contribution is 0.0690. The largest absolute Gasteiger partial charge is 0.477 e. The predicted octanol–water partition coefficient (Wildman–Crippen LogP) is -1.35. The van der Waals surface area contributed by atoms with Crippen LogP contribution in [0, 0.1) is 6.92 Å². The molecule has 1 rings (SSSR count). The van der Waals surface area contributed by atoms with Crippen molar-refractivity contribution in [2.45, 2.75) is 13.2 Å². The van der Waals surface area contributed by atoms with E-state index in [0.29, 0.717) is 0 Å². The fourth-order valence-corrected chi connectivity index (χ4v) is 1.69. The number of hydrogen-bond acceptors (Lipinski definition) is 5. The van der Waals surface area contributed by atoms with Gasteiger partial charge < -0.3 is 20.3 Å². The maximum absolute atomic E-state index is 12.1. The summed E-state index contributed by atoms with van der Waals surface area (Å²) in [6.07, 6.45) is -1.12. The number of carbonyl (C=O) groups is 3. The smallest absolute Gasteiger partial charge is 0.352 e. The SMILES string of the molecule is Cc1c(C(=O)O)[nH]c(C(=O)NC(N)N)c1C(=O)N(C)C. The topological polar surface area (TPSA) is 155 Å². The molecule has 0 aliphatic rings. The van der Waals surface area contributed by atoms with Crippen molar-refractivity contribution in [2.24, 2.45) is 11.5 Å². The van der Waals surface area contributed by atoms with Crippen LogP contribution < -0.4 is 16.8 Å². The van der Waals surface area contributed by atoms with E-state index < -0.39 is 24.1 Å². The van der Waals surface area contributed by atoms with Crippen molar-refractivity contribution in [1.29, 1.82) is 0 Å². The highest BCUT2D eigenvalue weighted by molar-refractivity contribution is 6.09. The van der Waals surface area contributed by atoms with Gasteiger partial charge in [-0.1, -0.05) is 0 Å². The lowest BCUT2D eigenvalue weighted by Crippen LogP contribution is -2.48. The van der Waals surface area contributed by atoms with E-state index in [1.54, 1.807) is 0 Å². The molecule has 0 saturated heterocycles. The Morgan fingerprint density at radius 1 is 1.25 bits per heavy atom. The van der Waals surface area contributed by atoms with Crippen LogP contribution in [0.5, 0.6) is 0 Å². The second-order valence-electron chi connectivity index (χ2n) is 4.38. The first-order valence-corrected chi connectivity index (χ1v) is 5.66. The number of hydrogen-bond donors (Lipinski definition) is 5. The Hall–Kier alpha value is -2.39. The van der Waals surface area contributed by atoms with E-state index in [-0.39, 0.29) is 22.5 Å². The molecule has 0 aliphatic heterocycles. The first-order valence-electron chi connectivity index (χ1n) is 5.66. The quantitative estimate of drug-likeness (QED) is 0.430. The number of aromatic nitrogens is 1. The number of nitrogens with one attached hydrogen (secondary N) is 2. The second kappa shape index (κ2) is 5.72. The van der Waals surface area contributed by atoms with Crippen molar-refractivity contribution < 1.29 is 19.5 Å². The van der Waals surface area contributed by atoms with Crippen LogP contribution in [-0.4, -0.2) is 53.2 Å². The van der Waals surface area contributed by atoms with Gasteiger partial charge in [0.15, 0.2) is 0 Å². The molecule has 1 aromatic rings. The Morgan fingerprint density at radius 3 is 2.20 bits per heavy atom. The van der Waals surface area contributed by atoms with Crippen molar-refractivity contribution >= 4 is 17.8 Å². The number of aromatic amines is 1. The number of carboxylic acids is 1. The molecule has 9 heteroatoms. The maximum Gasteiger partial charge on any atom is 0.352 e. The molecule has 0 radical (unpaired) electrons. The van der Waals surface area contributed by atoms with Gasteiger partial charge in [-0.2, -0.15) is 0 Å². The molecule has 1 aromatic heterocycles. The number of amides is 2. The van der Waals surface area contributed by atoms with Gasteiger partial charge in [0.05, 0.1) is 5.56 Å². The van der Waals surface area contributed by atoms with Gasteiger partial charge in [-0.15, -0.1) is 0 Å². The summed E-state index contributed by atoms with van der Waals surface area (Å²) in [5.74, 6) is -2.52. The predicted molar refractivity (Wildman–Crippen MR) is 70.1 cm³/mol. The molecular formula is C11H17N5O4. The first-order chi connectivity index (χ1) is 9.16. The van der Waals surface area contributed by atoms with Crippen molar-refractivity contribution in [3.8, 4) is 0 Å². The summed E-state index contributed by atoms with van der Waals surface area (Å²) in [5.41, 5.74) is 10.2. The molecule has 2 amide bonds. The molecule has 0 fully saturated rings. The Morgan fingerprint density at radius 2 is 1.80 bits per heavy atom. The highest BCUT2D eigenvalue weighted by atomic mass is 16.4. The minimum Gasteiger partial charge on any atom is -0.477 e. The van der Waals surface area contributed by atoms with E-state index in [2.05, 4.69) is 10.3 Å². The fourth-order valence-electron chi connectivity index (χ4n) is 1.69. The molecule has 0 aliphatic carbocycles. The van der Waals surface area contributed by atoms with Crippen LogP contribution in [0.15, 0.2) is 0 Å². The van der Waals surface area contributed by atoms with E-state index in [9.17, 15) is 14.4 Å². The maximum atomic E-state index is 12.1. The van der Waals surface area contributed by atoms with Gasteiger partial charge in [0.1, 0.15) is 17.7 Å². The van der Waals surface area contributed by atoms with E-state index in [4.69, 9.17) is 16.6 Å². The molecule has 9 nitrogen and oxygen atoms in total. The fraction of sp³-hybridized carbons (Fsp3) is 0.364. The Labute approximate surface area is 114 Å². The summed E-state index contributed by atoms with van der Waals surface area (Å²) < 4.78 is 0. The first kappa shape index (κ1) is 15.7. The standard InChI is InChI=1S/C11H17N5O4/c1-4-5(9(18)16(2)3)7(8(17)15-11(12)13)14-6(4)10(19)20/h11,14H,12-13H2,1-3H3,(H,15,17)(H,19,20). The number of H-pyrrole nitrogens is 1. The minimum atomic E-state index is -1.27. The number of nitrogens with zero attached hydrogens (tertiary/aromatic N) is 1. The molecule has 0 aromatic carbocycles. The Kier molecular flexibility index (Phi) is 4.48. The molecule has 1 heterocycles. The molecule has 0 saturated carbocycles. The molecule has 7 N–H and O–H groups in total. The van der Waals surface area contributed by atoms with Gasteiger partial charge in [0.25, 0.3) is 11.8 Å². The van der Waals surface area contributed by atoms with Crippen molar-refractivity contribution in [3.63, 3.8) is 0 Å². The average Bonchev–Trinajstić information content (AvgIpc) is 2.65. The zero-order valence-electron chi connectivity index (χ0n) is 11.4. The number of aromatic carboxylic acids is 1. The van der Waals surface area contributed by atoms with E-state index in [1.807, 2.05) is 0 Å². The lowest BCUT2D eigenvalue weighted by atomic mass is 10.1. The van der Waals surface area contributed by atoms with Crippen molar-refractivity contribution in [1.82, 2.24) is 15.2 Å². The Balaban J connectivity index is 3.42. The number of rotatable bonds is 4.